The number of fused-ring (bicyclic) bond motifs is 1. The third-order valence-corrected chi connectivity index (χ3v) is 9.44. The van der Waals surface area contributed by atoms with Gasteiger partial charge in [0.05, 0.1) is 11.1 Å². The minimum Gasteiger partial charge on any atom is -0.487 e. The lowest BCUT2D eigenvalue weighted by atomic mass is 10.1. The predicted octanol–water partition coefficient (Wildman–Crippen LogP) is 8.91. The first-order valence-electron chi connectivity index (χ1n) is 15.4. The van der Waals surface area contributed by atoms with Gasteiger partial charge >= 0.3 is 0 Å². The van der Waals surface area contributed by atoms with Gasteiger partial charge in [0.25, 0.3) is 0 Å². The van der Waals surface area contributed by atoms with Crippen molar-refractivity contribution in [1.29, 1.82) is 0 Å². The molecule has 0 fully saturated rings. The Labute approximate surface area is 264 Å². The van der Waals surface area contributed by atoms with E-state index >= 15 is 0 Å². The average molecular weight is 627 g/mol. The molecule has 4 rings (SSSR count). The predicted molar refractivity (Wildman–Crippen MR) is 177 cm³/mol. The molecule has 2 heterocycles. The zero-order chi connectivity index (χ0) is 30.1. The van der Waals surface area contributed by atoms with E-state index in [1.165, 1.54) is 0 Å². The zero-order valence-corrected chi connectivity index (χ0v) is 27.8. The number of aromatic nitrogens is 1. The fourth-order valence-corrected chi connectivity index (χ4v) is 6.91. The van der Waals surface area contributed by atoms with Crippen LogP contribution in [0.15, 0.2) is 88.9 Å². The Morgan fingerprint density at radius 1 is 0.837 bits per heavy atom. The monoisotopic (exact) mass is 626 g/mol. The molecule has 6 nitrogen and oxygen atoms in total. The van der Waals surface area contributed by atoms with E-state index in [1.54, 1.807) is 34.9 Å². The molecule has 0 aliphatic rings. The summed E-state index contributed by atoms with van der Waals surface area (Å²) in [6.45, 7) is 13.0. The second kappa shape index (κ2) is 16.2. The Hall–Kier alpha value is -3.00. The highest BCUT2D eigenvalue weighted by Crippen LogP contribution is 2.34. The fourth-order valence-electron chi connectivity index (χ4n) is 5.18. The van der Waals surface area contributed by atoms with Gasteiger partial charge in [-0.25, -0.2) is 8.42 Å². The number of unbranched alkanes of at least 4 members (excludes halogenated alkanes) is 2. The maximum Gasteiger partial charge on any atom is 0.222 e. The molecule has 0 aliphatic heterocycles. The van der Waals surface area contributed by atoms with Crippen LogP contribution in [0, 0.1) is 0 Å². The molecule has 0 amide bonds. The highest BCUT2D eigenvalue weighted by atomic mass is 35.5. The molecule has 1 atom stereocenters. The Kier molecular flexibility index (Phi) is 13.0. The van der Waals surface area contributed by atoms with Crippen molar-refractivity contribution < 1.29 is 17.9 Å². The van der Waals surface area contributed by atoms with Crippen molar-refractivity contribution in [1.82, 2.24) is 9.30 Å². The molecule has 0 radical (unpaired) electrons. The molecule has 0 N–H and O–H groups in total. The third-order valence-electron chi connectivity index (χ3n) is 7.61. The molecule has 1 unspecified atom stereocenters. The van der Waals surface area contributed by atoms with Gasteiger partial charge in [-0.15, -0.1) is 12.4 Å². The van der Waals surface area contributed by atoms with Gasteiger partial charge in [0, 0.05) is 18.6 Å². The van der Waals surface area contributed by atoms with Gasteiger partial charge in [-0.3, -0.25) is 4.90 Å². The number of hydrogen-bond donors (Lipinski definition) is 0. The maximum atomic E-state index is 14.1. The quantitative estimate of drug-likeness (QED) is 0.116. The largest absolute Gasteiger partial charge is 0.487 e. The Morgan fingerprint density at radius 2 is 1.47 bits per heavy atom. The van der Waals surface area contributed by atoms with E-state index in [4.69, 9.17) is 9.47 Å². The van der Waals surface area contributed by atoms with E-state index in [2.05, 4.69) is 25.7 Å². The Balaban J connectivity index is 0.00000506. The van der Waals surface area contributed by atoms with Crippen LogP contribution in [-0.4, -0.2) is 37.0 Å². The van der Waals surface area contributed by atoms with Crippen LogP contribution in [-0.2, 0) is 16.4 Å². The Morgan fingerprint density at radius 3 is 2.05 bits per heavy atom. The smallest absolute Gasteiger partial charge is 0.222 e. The summed E-state index contributed by atoms with van der Waals surface area (Å²) in [4.78, 5) is 2.66. The molecular formula is C35H47ClN2O4S. The first-order chi connectivity index (χ1) is 20.3. The molecule has 2 aromatic carbocycles. The second-order valence-electron chi connectivity index (χ2n) is 11.2. The highest BCUT2D eigenvalue weighted by molar-refractivity contribution is 7.91. The summed E-state index contributed by atoms with van der Waals surface area (Å²) < 4.78 is 42.5. The number of hydrogen-bond acceptors (Lipinski definition) is 5. The first kappa shape index (κ1) is 34.5. The normalized spacial score (nSPS) is 12.4. The molecule has 4 aromatic rings. The van der Waals surface area contributed by atoms with Crippen molar-refractivity contribution in [3.8, 4) is 11.5 Å². The van der Waals surface area contributed by atoms with E-state index in [0.717, 1.165) is 61.8 Å². The highest BCUT2D eigenvalue weighted by Gasteiger charge is 2.28. The van der Waals surface area contributed by atoms with E-state index in [1.807, 2.05) is 62.4 Å². The lowest BCUT2D eigenvalue weighted by Crippen LogP contribution is -2.40. The summed E-state index contributed by atoms with van der Waals surface area (Å²) >= 11 is 0. The lowest BCUT2D eigenvalue weighted by molar-refractivity contribution is 0.0202. The number of ether oxygens (including phenoxy) is 2. The minimum absolute atomic E-state index is 0. The average Bonchev–Trinajstić information content (AvgIpc) is 3.40. The van der Waals surface area contributed by atoms with Gasteiger partial charge in [-0.1, -0.05) is 77.8 Å². The van der Waals surface area contributed by atoms with E-state index in [0.29, 0.717) is 18.1 Å². The van der Waals surface area contributed by atoms with Crippen LogP contribution >= 0.6 is 12.4 Å². The number of rotatable bonds is 16. The molecule has 0 aliphatic carbocycles. The molecular weight excluding hydrogens is 580 g/mol. The van der Waals surface area contributed by atoms with Crippen LogP contribution in [0.3, 0.4) is 0 Å². The van der Waals surface area contributed by atoms with Gasteiger partial charge in [0.2, 0.25) is 9.84 Å². The minimum atomic E-state index is -3.83. The zero-order valence-electron chi connectivity index (χ0n) is 26.2. The van der Waals surface area contributed by atoms with Gasteiger partial charge in [-0.2, -0.15) is 0 Å². The second-order valence-corrected chi connectivity index (χ2v) is 13.1. The van der Waals surface area contributed by atoms with Crippen LogP contribution in [0.5, 0.6) is 11.5 Å². The summed E-state index contributed by atoms with van der Waals surface area (Å²) in [5.41, 5.74) is 2.64. The van der Waals surface area contributed by atoms with Crippen molar-refractivity contribution >= 4 is 27.8 Å². The Bertz CT molecular complexity index is 1510. The molecule has 8 heteroatoms. The van der Waals surface area contributed by atoms with Crippen molar-refractivity contribution in [2.75, 3.05) is 13.1 Å². The molecule has 0 saturated heterocycles. The topological polar surface area (TPSA) is 60.2 Å². The maximum absolute atomic E-state index is 14.1. The number of nitrogens with zero attached hydrogens (tertiary/aromatic N) is 2. The summed E-state index contributed by atoms with van der Waals surface area (Å²) in [5.74, 6) is 1.31. The van der Waals surface area contributed by atoms with Crippen molar-refractivity contribution in [3.05, 3.63) is 90.1 Å². The van der Waals surface area contributed by atoms with Gasteiger partial charge in [0.1, 0.15) is 23.1 Å². The summed E-state index contributed by atoms with van der Waals surface area (Å²) in [5, 5.41) is 0.281. The van der Waals surface area contributed by atoms with Crippen molar-refractivity contribution in [3.63, 3.8) is 0 Å². The summed E-state index contributed by atoms with van der Waals surface area (Å²) in [6.07, 6.45) is 7.13. The first-order valence-corrected chi connectivity index (χ1v) is 16.8. The van der Waals surface area contributed by atoms with Gasteiger partial charge < -0.3 is 13.9 Å². The SMILES string of the molecule is CCCCN(CCCC)C(CC)Oc1ccc(S(=O)(=O)c2c(C(C)C)cc3ccc(OCc4ccccc4)cn23)cc1.Cl. The summed E-state index contributed by atoms with van der Waals surface area (Å²) in [7, 11) is -3.83. The van der Waals surface area contributed by atoms with Gasteiger partial charge in [-0.05, 0) is 78.8 Å². The van der Waals surface area contributed by atoms with Crippen LogP contribution in [0.4, 0.5) is 0 Å². The number of sulfone groups is 1. The van der Waals surface area contributed by atoms with Crippen LogP contribution in [0.1, 0.15) is 83.8 Å². The van der Waals surface area contributed by atoms with E-state index in [9.17, 15) is 8.42 Å². The number of halogens is 1. The summed E-state index contributed by atoms with van der Waals surface area (Å²) in [6, 6.07) is 22.6. The number of benzene rings is 2. The molecule has 0 bridgehead atoms. The molecule has 0 spiro atoms. The van der Waals surface area contributed by atoms with Crippen molar-refractivity contribution in [2.24, 2.45) is 0 Å². The van der Waals surface area contributed by atoms with Gasteiger partial charge in [0.15, 0.2) is 6.23 Å². The number of pyridine rings is 1. The van der Waals surface area contributed by atoms with Crippen molar-refractivity contribution in [2.45, 2.75) is 95.4 Å². The van der Waals surface area contributed by atoms with E-state index in [-0.39, 0.29) is 34.5 Å². The fraction of sp³-hybridized carbons (Fsp3) is 0.429. The molecule has 234 valence electrons. The third kappa shape index (κ3) is 8.55. The molecule has 43 heavy (non-hydrogen) atoms. The standard InChI is InChI=1S/C35H46N2O4S.ClH/c1-6-9-22-36(23-10-7-2)34(8-3)41-30-18-20-32(21-19-30)42(38,39)35-33(27(4)5)24-29-16-17-31(25-37(29)35)40-26-28-14-12-11-13-15-28;/h11-21,24-25,27,34H,6-10,22-23,26H2,1-5H3;1H. The van der Waals surface area contributed by atoms with Crippen LogP contribution < -0.4 is 9.47 Å². The van der Waals surface area contributed by atoms with Crippen LogP contribution in [0.25, 0.3) is 5.52 Å². The molecule has 0 saturated carbocycles. The molecule has 2 aromatic heterocycles. The van der Waals surface area contributed by atoms with Crippen LogP contribution in [0.2, 0.25) is 0 Å². The van der Waals surface area contributed by atoms with E-state index < -0.39 is 9.84 Å². The lowest BCUT2D eigenvalue weighted by Gasteiger charge is -2.31.